The van der Waals surface area contributed by atoms with Gasteiger partial charge in [-0.05, 0) is 11.4 Å². The smallest absolute Gasteiger partial charge is 0.374 e. The summed E-state index contributed by atoms with van der Waals surface area (Å²) >= 11 is 1.64. The number of anilines is 2. The average Bonchev–Trinajstić information content (AvgIpc) is 2.97. The third-order valence-electron chi connectivity index (χ3n) is 2.69. The van der Waals surface area contributed by atoms with E-state index in [9.17, 15) is 4.79 Å². The molecule has 0 aromatic carbocycles. The van der Waals surface area contributed by atoms with Crippen LogP contribution in [0.4, 0.5) is 11.4 Å². The van der Waals surface area contributed by atoms with Gasteiger partial charge in [-0.15, -0.1) is 11.3 Å². The maximum Gasteiger partial charge on any atom is 0.374 e. The Hall–Kier alpha value is -1.95. The Bertz CT molecular complexity index is 547. The highest BCUT2D eigenvalue weighted by Gasteiger charge is 2.27. The zero-order valence-electron chi connectivity index (χ0n) is 8.77. The second-order valence-corrected chi connectivity index (χ2v) is 4.73. The Labute approximate surface area is 101 Å². The van der Waals surface area contributed by atoms with Crippen molar-refractivity contribution in [2.75, 3.05) is 17.2 Å². The predicted molar refractivity (Wildman–Crippen MR) is 64.8 cm³/mol. The normalized spacial score (nSPS) is 18.0. The van der Waals surface area contributed by atoms with Gasteiger partial charge in [-0.3, -0.25) is 0 Å². The minimum Gasteiger partial charge on any atom is -0.475 e. The van der Waals surface area contributed by atoms with Crippen molar-refractivity contribution >= 4 is 28.7 Å². The monoisotopic (exact) mass is 250 g/mol. The lowest BCUT2D eigenvalue weighted by Crippen LogP contribution is -2.25. The summed E-state index contributed by atoms with van der Waals surface area (Å²) in [5.41, 5.74) is 1.23. The first kappa shape index (κ1) is 10.2. The van der Waals surface area contributed by atoms with Gasteiger partial charge in [0.05, 0.1) is 11.7 Å². The fourth-order valence-electron chi connectivity index (χ4n) is 1.89. The van der Waals surface area contributed by atoms with Crippen LogP contribution in [-0.2, 0) is 0 Å². The second-order valence-electron chi connectivity index (χ2n) is 3.75. The van der Waals surface area contributed by atoms with Crippen LogP contribution in [0.25, 0.3) is 0 Å². The van der Waals surface area contributed by atoms with Crippen molar-refractivity contribution in [3.63, 3.8) is 0 Å². The van der Waals surface area contributed by atoms with Crippen LogP contribution in [0.2, 0.25) is 0 Å². The van der Waals surface area contributed by atoms with Crippen LogP contribution in [-0.4, -0.2) is 17.6 Å². The Balaban J connectivity index is 1.94. The van der Waals surface area contributed by atoms with Gasteiger partial charge >= 0.3 is 5.97 Å². The van der Waals surface area contributed by atoms with E-state index in [1.165, 1.54) is 11.1 Å². The summed E-state index contributed by atoms with van der Waals surface area (Å²) in [5, 5.41) is 17.4. The van der Waals surface area contributed by atoms with Gasteiger partial charge in [-0.25, -0.2) is 4.79 Å². The number of carboxylic acids is 1. The van der Waals surface area contributed by atoms with E-state index in [0.29, 0.717) is 17.9 Å². The molecule has 1 aliphatic rings. The van der Waals surface area contributed by atoms with Gasteiger partial charge in [-0.1, -0.05) is 6.07 Å². The Morgan fingerprint density at radius 1 is 1.59 bits per heavy atom. The third kappa shape index (κ3) is 1.66. The SMILES string of the molecule is O=C(O)c1occ2c1NC(c1cccs1)CN2. The van der Waals surface area contributed by atoms with Crippen LogP contribution in [0, 0.1) is 0 Å². The van der Waals surface area contributed by atoms with Gasteiger partial charge in [0.15, 0.2) is 0 Å². The minimum absolute atomic E-state index is 0.0474. The van der Waals surface area contributed by atoms with Gasteiger partial charge in [0, 0.05) is 11.4 Å². The number of furan rings is 1. The number of rotatable bonds is 2. The lowest BCUT2D eigenvalue weighted by molar-refractivity contribution is 0.0664. The van der Waals surface area contributed by atoms with E-state index in [0.717, 1.165) is 0 Å². The average molecular weight is 250 g/mol. The molecule has 3 rings (SSSR count). The van der Waals surface area contributed by atoms with E-state index in [4.69, 9.17) is 9.52 Å². The molecule has 3 N–H and O–H groups in total. The molecule has 0 radical (unpaired) electrons. The molecule has 3 heterocycles. The molecule has 0 saturated carbocycles. The van der Waals surface area contributed by atoms with Crippen LogP contribution < -0.4 is 10.6 Å². The van der Waals surface area contributed by atoms with Crippen molar-refractivity contribution in [1.82, 2.24) is 0 Å². The molecule has 0 fully saturated rings. The van der Waals surface area contributed by atoms with E-state index >= 15 is 0 Å². The van der Waals surface area contributed by atoms with Crippen LogP contribution in [0.3, 0.4) is 0 Å². The first-order chi connectivity index (χ1) is 8.25. The van der Waals surface area contributed by atoms with Crippen LogP contribution in [0.5, 0.6) is 0 Å². The van der Waals surface area contributed by atoms with Crippen LogP contribution >= 0.6 is 11.3 Å². The zero-order valence-corrected chi connectivity index (χ0v) is 9.58. The fraction of sp³-hybridized carbons (Fsp3) is 0.182. The van der Waals surface area contributed by atoms with Gasteiger partial charge in [0.25, 0.3) is 0 Å². The number of hydrogen-bond donors (Lipinski definition) is 3. The molecule has 88 valence electrons. The number of fused-ring (bicyclic) bond motifs is 1. The van der Waals surface area contributed by atoms with E-state index in [-0.39, 0.29) is 11.8 Å². The highest BCUT2D eigenvalue weighted by atomic mass is 32.1. The number of nitrogens with one attached hydrogen (secondary N) is 2. The molecule has 1 aliphatic heterocycles. The molecule has 17 heavy (non-hydrogen) atoms. The maximum absolute atomic E-state index is 11.0. The lowest BCUT2D eigenvalue weighted by Gasteiger charge is -2.25. The van der Waals surface area contributed by atoms with Gasteiger partial charge in [0.1, 0.15) is 12.0 Å². The Morgan fingerprint density at radius 2 is 2.47 bits per heavy atom. The number of carboxylic acid groups (broad SMARTS) is 1. The quantitative estimate of drug-likeness (QED) is 0.764. The molecule has 1 unspecified atom stereocenters. The first-order valence-corrected chi connectivity index (χ1v) is 6.02. The summed E-state index contributed by atoms with van der Waals surface area (Å²) in [6.45, 7) is 0.714. The third-order valence-corrected chi connectivity index (χ3v) is 3.67. The van der Waals surface area contributed by atoms with Gasteiger partial charge < -0.3 is 20.2 Å². The molecule has 6 heteroatoms. The topological polar surface area (TPSA) is 74.5 Å². The van der Waals surface area contributed by atoms with Crippen molar-refractivity contribution in [1.29, 1.82) is 0 Å². The molecule has 1 atom stereocenters. The minimum atomic E-state index is -1.06. The number of hydrogen-bond acceptors (Lipinski definition) is 5. The molecule has 0 aliphatic carbocycles. The summed E-state index contributed by atoms with van der Waals surface area (Å²) in [6, 6.07) is 4.08. The molecule has 2 aromatic heterocycles. The van der Waals surface area contributed by atoms with Crippen molar-refractivity contribution in [3.05, 3.63) is 34.4 Å². The van der Waals surface area contributed by atoms with Gasteiger partial charge in [0.2, 0.25) is 5.76 Å². The zero-order chi connectivity index (χ0) is 11.8. The van der Waals surface area contributed by atoms with Crippen LogP contribution in [0.1, 0.15) is 21.5 Å². The molecule has 0 spiro atoms. The van der Waals surface area contributed by atoms with Crippen molar-refractivity contribution in [3.8, 4) is 0 Å². The number of aromatic carboxylic acids is 1. The second kappa shape index (κ2) is 3.81. The summed E-state index contributed by atoms with van der Waals surface area (Å²) in [7, 11) is 0. The molecule has 2 aromatic rings. The molecule has 0 saturated heterocycles. The molecular weight excluding hydrogens is 240 g/mol. The van der Waals surface area contributed by atoms with Crippen molar-refractivity contribution in [2.45, 2.75) is 6.04 Å². The summed E-state index contributed by atoms with van der Waals surface area (Å²) < 4.78 is 5.02. The van der Waals surface area contributed by atoms with Crippen molar-refractivity contribution in [2.24, 2.45) is 0 Å². The predicted octanol–water partition coefficient (Wildman–Crippen LogP) is 2.62. The highest BCUT2D eigenvalue weighted by Crippen LogP contribution is 2.36. The summed E-state index contributed by atoms with van der Waals surface area (Å²) in [6.07, 6.45) is 1.43. The van der Waals surface area contributed by atoms with Gasteiger partial charge in [-0.2, -0.15) is 0 Å². The van der Waals surface area contributed by atoms with E-state index in [2.05, 4.69) is 10.6 Å². The Kier molecular flexibility index (Phi) is 2.29. The van der Waals surface area contributed by atoms with E-state index < -0.39 is 5.97 Å². The Morgan fingerprint density at radius 3 is 3.18 bits per heavy atom. The van der Waals surface area contributed by atoms with E-state index in [1.54, 1.807) is 11.3 Å². The first-order valence-electron chi connectivity index (χ1n) is 5.14. The number of carbonyl (C=O) groups is 1. The number of thiophene rings is 1. The molecule has 0 amide bonds. The molecular formula is C11H10N2O3S. The molecule has 0 bridgehead atoms. The van der Waals surface area contributed by atoms with Crippen LogP contribution in [0.15, 0.2) is 28.2 Å². The van der Waals surface area contributed by atoms with Crippen molar-refractivity contribution < 1.29 is 14.3 Å². The highest BCUT2D eigenvalue weighted by molar-refractivity contribution is 7.10. The largest absolute Gasteiger partial charge is 0.475 e. The maximum atomic E-state index is 11.0. The fourth-order valence-corrected chi connectivity index (χ4v) is 2.67. The van der Waals surface area contributed by atoms with E-state index in [1.807, 2.05) is 17.5 Å². The standard InChI is InChI=1S/C11H10N2O3S/c14-11(15)10-9-7(5-16-10)12-4-6(13-9)8-2-1-3-17-8/h1-3,5-6,12-13H,4H2,(H,14,15). The lowest BCUT2D eigenvalue weighted by atomic mass is 10.1. The molecule has 5 nitrogen and oxygen atoms in total. The summed E-state index contributed by atoms with van der Waals surface area (Å²) in [4.78, 5) is 12.1. The summed E-state index contributed by atoms with van der Waals surface area (Å²) in [5.74, 6) is -1.11.